The highest BCUT2D eigenvalue weighted by Gasteiger charge is 2.31. The van der Waals surface area contributed by atoms with Crippen molar-refractivity contribution in [3.8, 4) is 0 Å². The molecule has 0 aliphatic carbocycles. The summed E-state index contributed by atoms with van der Waals surface area (Å²) in [6.07, 6.45) is 1.35. The van der Waals surface area contributed by atoms with E-state index in [2.05, 4.69) is 13.2 Å². The fourth-order valence-corrected chi connectivity index (χ4v) is 4.34. The van der Waals surface area contributed by atoms with Crippen LogP contribution in [0.2, 0.25) is 0 Å². The Labute approximate surface area is 126 Å². The molecule has 0 unspecified atom stereocenters. The van der Waals surface area contributed by atoms with Crippen molar-refractivity contribution >= 4 is 42.5 Å². The van der Waals surface area contributed by atoms with Gasteiger partial charge in [-0.25, -0.2) is 0 Å². The molecular weight excluding hydrogens is 360 g/mol. The molecule has 0 aromatic heterocycles. The molecule has 0 fully saturated rings. The van der Waals surface area contributed by atoms with Crippen molar-refractivity contribution in [2.24, 2.45) is 0 Å². The Balaban J connectivity index is 4.40. The van der Waals surface area contributed by atoms with Gasteiger partial charge in [-0.3, -0.25) is 13.7 Å². The highest BCUT2D eigenvalue weighted by molar-refractivity contribution is 7.87. The van der Waals surface area contributed by atoms with Gasteiger partial charge < -0.3 is 0 Å². The smallest absolute Gasteiger partial charge is 0.282 e. The third kappa shape index (κ3) is 3.43. The summed E-state index contributed by atoms with van der Waals surface area (Å²) in [4.78, 5) is -3.53. The SMILES string of the molecule is C=Cc1c(S(=O)(=O)O)cc(S(=O)(=O)O)c(C=C)c1S(=O)(=O)O. The summed E-state index contributed by atoms with van der Waals surface area (Å²) in [5, 5.41) is 0. The van der Waals surface area contributed by atoms with Crippen LogP contribution in [0.1, 0.15) is 11.1 Å². The highest BCUT2D eigenvalue weighted by Crippen LogP contribution is 2.34. The van der Waals surface area contributed by atoms with Crippen molar-refractivity contribution in [1.82, 2.24) is 0 Å². The molecule has 1 aromatic carbocycles. The van der Waals surface area contributed by atoms with Gasteiger partial charge in [0.15, 0.2) is 0 Å². The van der Waals surface area contributed by atoms with E-state index in [1.54, 1.807) is 0 Å². The molecule has 0 radical (unpaired) electrons. The van der Waals surface area contributed by atoms with E-state index in [0.29, 0.717) is 18.2 Å². The average molecular weight is 370 g/mol. The van der Waals surface area contributed by atoms with Crippen LogP contribution in [0.15, 0.2) is 33.9 Å². The summed E-state index contributed by atoms with van der Waals surface area (Å²) in [5.74, 6) is 0. The molecule has 0 atom stereocenters. The molecule has 1 aromatic rings. The molecule has 122 valence electrons. The van der Waals surface area contributed by atoms with Crippen molar-refractivity contribution in [3.05, 3.63) is 30.4 Å². The number of hydrogen-bond acceptors (Lipinski definition) is 6. The van der Waals surface area contributed by atoms with E-state index >= 15 is 0 Å². The largest absolute Gasteiger partial charge is 0.295 e. The Morgan fingerprint density at radius 3 is 1.23 bits per heavy atom. The van der Waals surface area contributed by atoms with Gasteiger partial charge in [-0.1, -0.05) is 25.3 Å². The van der Waals surface area contributed by atoms with Crippen LogP contribution in [0.25, 0.3) is 12.2 Å². The topological polar surface area (TPSA) is 163 Å². The molecule has 0 heterocycles. The summed E-state index contributed by atoms with van der Waals surface area (Å²) in [6.45, 7) is 6.30. The van der Waals surface area contributed by atoms with Gasteiger partial charge in [0, 0.05) is 11.1 Å². The first-order valence-corrected chi connectivity index (χ1v) is 9.45. The summed E-state index contributed by atoms with van der Waals surface area (Å²) in [5.41, 5.74) is -1.54. The third-order valence-corrected chi connectivity index (χ3v) is 5.25. The molecule has 0 saturated carbocycles. The van der Waals surface area contributed by atoms with Gasteiger partial charge in [0.1, 0.15) is 14.7 Å². The zero-order valence-corrected chi connectivity index (χ0v) is 13.1. The Morgan fingerprint density at radius 1 is 0.727 bits per heavy atom. The number of rotatable bonds is 5. The molecule has 12 heteroatoms. The van der Waals surface area contributed by atoms with Crippen molar-refractivity contribution in [2.45, 2.75) is 14.7 Å². The highest BCUT2D eigenvalue weighted by atomic mass is 32.2. The minimum atomic E-state index is -5.15. The molecule has 0 bridgehead atoms. The fraction of sp³-hybridized carbons (Fsp3) is 0. The molecule has 0 amide bonds. The summed E-state index contributed by atoms with van der Waals surface area (Å²) in [7, 11) is -15.3. The van der Waals surface area contributed by atoms with Crippen molar-refractivity contribution < 1.29 is 38.9 Å². The van der Waals surface area contributed by atoms with E-state index in [4.69, 9.17) is 9.11 Å². The van der Waals surface area contributed by atoms with Crippen LogP contribution in [0.3, 0.4) is 0 Å². The van der Waals surface area contributed by atoms with Crippen molar-refractivity contribution in [1.29, 1.82) is 0 Å². The van der Waals surface area contributed by atoms with Crippen molar-refractivity contribution in [3.63, 3.8) is 0 Å². The monoisotopic (exact) mass is 370 g/mol. The molecule has 9 nitrogen and oxygen atoms in total. The molecule has 0 saturated heterocycles. The first kappa shape index (κ1) is 18.5. The Kier molecular flexibility index (Phi) is 4.68. The number of benzene rings is 1. The van der Waals surface area contributed by atoms with Crippen LogP contribution in [0.5, 0.6) is 0 Å². The van der Waals surface area contributed by atoms with Crippen LogP contribution in [-0.2, 0) is 30.4 Å². The zero-order valence-electron chi connectivity index (χ0n) is 10.7. The van der Waals surface area contributed by atoms with Crippen molar-refractivity contribution in [2.75, 3.05) is 0 Å². The van der Waals surface area contributed by atoms with E-state index in [1.165, 1.54) is 0 Å². The minimum absolute atomic E-state index is 0.327. The quantitative estimate of drug-likeness (QED) is 0.633. The number of hydrogen-bond donors (Lipinski definition) is 3. The second-order valence-corrected chi connectivity index (χ2v) is 8.00. The van der Waals surface area contributed by atoms with E-state index in [-0.39, 0.29) is 0 Å². The Bertz CT molecular complexity index is 905. The maximum absolute atomic E-state index is 11.5. The maximum atomic E-state index is 11.5. The zero-order chi connectivity index (χ0) is 17.5. The fourth-order valence-electron chi connectivity index (χ4n) is 1.73. The van der Waals surface area contributed by atoms with Gasteiger partial charge in [-0.15, -0.1) is 0 Å². The van der Waals surface area contributed by atoms with Crippen LogP contribution < -0.4 is 0 Å². The van der Waals surface area contributed by atoms with E-state index in [1.807, 2.05) is 0 Å². The lowest BCUT2D eigenvalue weighted by atomic mass is 10.1. The normalized spacial score (nSPS) is 12.9. The van der Waals surface area contributed by atoms with Gasteiger partial charge >= 0.3 is 0 Å². The second-order valence-electron chi connectivity index (χ2n) is 3.86. The first-order valence-electron chi connectivity index (χ1n) is 5.13. The second kappa shape index (κ2) is 5.57. The lowest BCUT2D eigenvalue weighted by Crippen LogP contribution is -2.14. The van der Waals surface area contributed by atoms with Crippen LogP contribution in [0, 0.1) is 0 Å². The average Bonchev–Trinajstić information content (AvgIpc) is 2.32. The predicted octanol–water partition coefficient (Wildman–Crippen LogP) is 0.713. The molecule has 0 aliphatic rings. The summed E-state index contributed by atoms with van der Waals surface area (Å²) in [6, 6.07) is 0.327. The predicted molar refractivity (Wildman–Crippen MR) is 76.1 cm³/mol. The summed E-state index contributed by atoms with van der Waals surface area (Å²) < 4.78 is 95.5. The Morgan fingerprint density at radius 2 is 1.05 bits per heavy atom. The van der Waals surface area contributed by atoms with Gasteiger partial charge in [0.2, 0.25) is 0 Å². The van der Waals surface area contributed by atoms with E-state index in [9.17, 15) is 29.8 Å². The molecule has 0 spiro atoms. The van der Waals surface area contributed by atoms with Gasteiger partial charge in [0.05, 0.1) is 0 Å². The minimum Gasteiger partial charge on any atom is -0.282 e. The first-order chi connectivity index (χ1) is 9.75. The third-order valence-electron chi connectivity index (χ3n) is 2.50. The molecular formula is C10H10O9S3. The molecule has 3 N–H and O–H groups in total. The van der Waals surface area contributed by atoms with Crippen LogP contribution in [0.4, 0.5) is 0 Å². The lowest BCUT2D eigenvalue weighted by molar-refractivity contribution is 0.478. The van der Waals surface area contributed by atoms with Gasteiger partial charge in [-0.05, 0) is 6.07 Å². The van der Waals surface area contributed by atoms with Crippen LogP contribution >= 0.6 is 0 Å². The van der Waals surface area contributed by atoms with Gasteiger partial charge in [0.25, 0.3) is 30.4 Å². The van der Waals surface area contributed by atoms with Crippen LogP contribution in [-0.4, -0.2) is 38.9 Å². The molecule has 0 aliphatic heterocycles. The van der Waals surface area contributed by atoms with Gasteiger partial charge in [-0.2, -0.15) is 25.3 Å². The Hall–Kier alpha value is -1.57. The standard InChI is InChI=1S/C10H10O9S3/c1-3-6-8(20(11,12)13)5-9(21(14,15)16)7(4-2)10(6)22(17,18)19/h3-5H,1-2H2,(H,11,12,13)(H,14,15,16)(H,17,18,19). The lowest BCUT2D eigenvalue weighted by Gasteiger charge is -2.14. The maximum Gasteiger partial charge on any atom is 0.295 e. The molecule has 1 rings (SSSR count). The van der Waals surface area contributed by atoms with E-state index < -0.39 is 56.2 Å². The molecule has 22 heavy (non-hydrogen) atoms. The van der Waals surface area contributed by atoms with E-state index in [0.717, 1.165) is 0 Å². The summed E-state index contributed by atoms with van der Waals surface area (Å²) >= 11 is 0.